The van der Waals surface area contributed by atoms with E-state index in [1.54, 1.807) is 0 Å². The van der Waals surface area contributed by atoms with Crippen molar-refractivity contribution >= 4 is 21.7 Å². The Balaban J connectivity index is 2.15. The first-order valence-corrected chi connectivity index (χ1v) is 6.71. The Morgan fingerprint density at radius 1 is 1.05 bits per heavy atom. The van der Waals surface area contributed by atoms with Crippen molar-refractivity contribution in [2.75, 3.05) is 0 Å². The number of rotatable bonds is 3. The zero-order valence-electron chi connectivity index (χ0n) is 10.5. The third kappa shape index (κ3) is 3.91. The topological polar surface area (TPSA) is 17.1 Å². The molecule has 0 heterocycles. The second-order valence-electron chi connectivity index (χ2n) is 4.42. The molecule has 6 heteroatoms. The van der Waals surface area contributed by atoms with Crippen molar-refractivity contribution in [2.45, 2.75) is 12.6 Å². The Morgan fingerprint density at radius 2 is 1.67 bits per heavy atom. The summed E-state index contributed by atoms with van der Waals surface area (Å²) in [5.41, 5.74) is -0.0415. The predicted octanol–water partition coefficient (Wildman–Crippen LogP) is 5.03. The van der Waals surface area contributed by atoms with E-state index >= 15 is 0 Å². The number of hydrogen-bond acceptors (Lipinski definition) is 1. The third-order valence-electron chi connectivity index (χ3n) is 2.88. The van der Waals surface area contributed by atoms with Crippen molar-refractivity contribution < 1.29 is 22.4 Å². The van der Waals surface area contributed by atoms with Gasteiger partial charge in [0.15, 0.2) is 5.78 Å². The average Bonchev–Trinajstić information content (AvgIpc) is 2.42. The maximum absolute atomic E-state index is 13.1. The summed E-state index contributed by atoms with van der Waals surface area (Å²) < 4.78 is 50.6. The summed E-state index contributed by atoms with van der Waals surface area (Å²) in [7, 11) is 0. The minimum absolute atomic E-state index is 0.00968. The van der Waals surface area contributed by atoms with Crippen molar-refractivity contribution in [3.8, 4) is 0 Å². The number of alkyl halides is 3. The molecule has 0 unspecified atom stereocenters. The Kier molecular flexibility index (Phi) is 4.46. The monoisotopic (exact) mass is 360 g/mol. The van der Waals surface area contributed by atoms with Gasteiger partial charge in [0.2, 0.25) is 0 Å². The van der Waals surface area contributed by atoms with Crippen LogP contribution in [0, 0.1) is 5.82 Å². The van der Waals surface area contributed by atoms with Gasteiger partial charge >= 0.3 is 6.18 Å². The molecule has 0 saturated heterocycles. The van der Waals surface area contributed by atoms with Crippen LogP contribution in [-0.2, 0) is 12.6 Å². The molecule has 110 valence electrons. The number of hydrogen-bond donors (Lipinski definition) is 0. The highest BCUT2D eigenvalue weighted by Gasteiger charge is 2.30. The molecule has 21 heavy (non-hydrogen) atoms. The standard InChI is InChI=1S/C15H9BrF4O/c16-12-7-9(1-6-13(12)17)8-14(21)10-2-4-11(5-3-10)15(18,19)20/h1-7H,8H2. The fraction of sp³-hybridized carbons (Fsp3) is 0.133. The quantitative estimate of drug-likeness (QED) is 0.554. The lowest BCUT2D eigenvalue weighted by Gasteiger charge is -2.07. The molecule has 2 aromatic carbocycles. The van der Waals surface area contributed by atoms with Gasteiger partial charge in [-0.15, -0.1) is 0 Å². The molecule has 0 radical (unpaired) electrons. The molecule has 0 fully saturated rings. The third-order valence-corrected chi connectivity index (χ3v) is 3.49. The van der Waals surface area contributed by atoms with Crippen LogP contribution in [0.1, 0.15) is 21.5 Å². The van der Waals surface area contributed by atoms with Gasteiger partial charge in [0, 0.05) is 12.0 Å². The maximum atomic E-state index is 13.1. The first-order valence-electron chi connectivity index (χ1n) is 5.92. The van der Waals surface area contributed by atoms with Crippen LogP contribution in [0.5, 0.6) is 0 Å². The lowest BCUT2D eigenvalue weighted by atomic mass is 10.0. The van der Waals surface area contributed by atoms with Crippen LogP contribution in [0.2, 0.25) is 0 Å². The summed E-state index contributed by atoms with van der Waals surface area (Å²) in [6, 6.07) is 8.17. The van der Waals surface area contributed by atoms with Crippen molar-refractivity contribution in [1.29, 1.82) is 0 Å². The molecule has 2 rings (SSSR count). The van der Waals surface area contributed by atoms with Crippen LogP contribution in [0.4, 0.5) is 17.6 Å². The van der Waals surface area contributed by atoms with Crippen molar-refractivity contribution in [1.82, 2.24) is 0 Å². The SMILES string of the molecule is O=C(Cc1ccc(F)c(Br)c1)c1ccc(C(F)(F)F)cc1. The smallest absolute Gasteiger partial charge is 0.294 e. The molecular weight excluding hydrogens is 352 g/mol. The minimum atomic E-state index is -4.43. The first kappa shape index (κ1) is 15.7. The van der Waals surface area contributed by atoms with Crippen LogP contribution < -0.4 is 0 Å². The summed E-state index contributed by atoms with van der Waals surface area (Å²) >= 11 is 3.01. The van der Waals surface area contributed by atoms with E-state index in [1.807, 2.05) is 0 Å². The minimum Gasteiger partial charge on any atom is -0.294 e. The number of carbonyl (C=O) groups excluding carboxylic acids is 1. The van der Waals surface area contributed by atoms with Gasteiger partial charge in [-0.3, -0.25) is 4.79 Å². The molecule has 0 saturated carbocycles. The highest BCUT2D eigenvalue weighted by Crippen LogP contribution is 2.29. The van der Waals surface area contributed by atoms with E-state index in [-0.39, 0.29) is 22.2 Å². The van der Waals surface area contributed by atoms with Crippen molar-refractivity contribution in [2.24, 2.45) is 0 Å². The Hall–Kier alpha value is -1.69. The largest absolute Gasteiger partial charge is 0.416 e. The van der Waals surface area contributed by atoms with Crippen LogP contribution in [-0.4, -0.2) is 5.78 Å². The van der Waals surface area contributed by atoms with E-state index in [4.69, 9.17) is 0 Å². The second-order valence-corrected chi connectivity index (χ2v) is 5.28. The molecule has 0 aromatic heterocycles. The molecule has 0 aliphatic carbocycles. The second kappa shape index (κ2) is 5.97. The van der Waals surface area contributed by atoms with Crippen LogP contribution >= 0.6 is 15.9 Å². The summed E-state index contributed by atoms with van der Waals surface area (Å²) in [6.45, 7) is 0. The van der Waals surface area contributed by atoms with Crippen LogP contribution in [0.3, 0.4) is 0 Å². The zero-order valence-corrected chi connectivity index (χ0v) is 12.1. The van der Waals surface area contributed by atoms with Gasteiger partial charge in [-0.05, 0) is 45.8 Å². The fourth-order valence-electron chi connectivity index (χ4n) is 1.78. The van der Waals surface area contributed by atoms with E-state index < -0.39 is 17.6 Å². The fourth-order valence-corrected chi connectivity index (χ4v) is 2.21. The normalized spacial score (nSPS) is 11.5. The van der Waals surface area contributed by atoms with Crippen molar-refractivity contribution in [3.05, 3.63) is 69.4 Å². The van der Waals surface area contributed by atoms with E-state index in [1.165, 1.54) is 18.2 Å². The van der Waals surface area contributed by atoms with Gasteiger partial charge in [-0.25, -0.2) is 4.39 Å². The molecule has 0 aliphatic heterocycles. The van der Waals surface area contributed by atoms with Gasteiger partial charge < -0.3 is 0 Å². The Labute approximate surface area is 126 Å². The van der Waals surface area contributed by atoms with Gasteiger partial charge in [-0.2, -0.15) is 13.2 Å². The summed E-state index contributed by atoms with van der Waals surface area (Å²) in [5, 5.41) is 0. The maximum Gasteiger partial charge on any atom is 0.416 e. The molecule has 0 bridgehead atoms. The molecule has 0 spiro atoms. The number of Topliss-reactive ketones (excluding diaryl/α,β-unsaturated/α-hetero) is 1. The van der Waals surface area contributed by atoms with Gasteiger partial charge in [0.1, 0.15) is 5.82 Å². The highest BCUT2D eigenvalue weighted by molar-refractivity contribution is 9.10. The van der Waals surface area contributed by atoms with E-state index in [2.05, 4.69) is 15.9 Å². The molecule has 0 amide bonds. The van der Waals surface area contributed by atoms with Gasteiger partial charge in [0.25, 0.3) is 0 Å². The molecule has 0 N–H and O–H groups in total. The Bertz CT molecular complexity index is 662. The highest BCUT2D eigenvalue weighted by atomic mass is 79.9. The zero-order chi connectivity index (χ0) is 15.6. The number of benzene rings is 2. The van der Waals surface area contributed by atoms with E-state index in [0.717, 1.165) is 24.3 Å². The van der Waals surface area contributed by atoms with Crippen LogP contribution in [0.15, 0.2) is 46.9 Å². The lowest BCUT2D eigenvalue weighted by Crippen LogP contribution is -2.07. The van der Waals surface area contributed by atoms with Crippen LogP contribution in [0.25, 0.3) is 0 Å². The molecular formula is C15H9BrF4O. The van der Waals surface area contributed by atoms with E-state index in [0.29, 0.717) is 5.56 Å². The lowest BCUT2D eigenvalue weighted by molar-refractivity contribution is -0.137. The molecule has 0 atom stereocenters. The first-order chi connectivity index (χ1) is 9.77. The van der Waals surface area contributed by atoms with E-state index in [9.17, 15) is 22.4 Å². The number of carbonyl (C=O) groups is 1. The Morgan fingerprint density at radius 3 is 2.19 bits per heavy atom. The molecule has 0 aliphatic rings. The van der Waals surface area contributed by atoms with Gasteiger partial charge in [-0.1, -0.05) is 18.2 Å². The summed E-state index contributed by atoms with van der Waals surface area (Å²) in [6.07, 6.45) is -4.44. The molecule has 2 aromatic rings. The van der Waals surface area contributed by atoms with Gasteiger partial charge in [0.05, 0.1) is 10.0 Å². The van der Waals surface area contributed by atoms with Crippen molar-refractivity contribution in [3.63, 3.8) is 0 Å². The predicted molar refractivity (Wildman–Crippen MR) is 73.6 cm³/mol. The summed E-state index contributed by atoms with van der Waals surface area (Å²) in [4.78, 5) is 12.0. The average molecular weight is 361 g/mol. The number of ketones is 1. The number of halogens is 5. The summed E-state index contributed by atoms with van der Waals surface area (Å²) in [5.74, 6) is -0.775. The molecule has 1 nitrogen and oxygen atoms in total.